The molecular formula is C19H30IN5O2. The maximum atomic E-state index is 10.1. The molecule has 1 aromatic carbocycles. The minimum atomic E-state index is -0.657. The fourth-order valence-electron chi connectivity index (χ4n) is 2.37. The van der Waals surface area contributed by atoms with Gasteiger partial charge >= 0.3 is 0 Å². The number of aliphatic hydroxyl groups is 1. The van der Waals surface area contributed by atoms with E-state index in [1.165, 1.54) is 0 Å². The summed E-state index contributed by atoms with van der Waals surface area (Å²) < 4.78 is 7.51. The number of aliphatic hydroxyl groups excluding tert-OH is 1. The Bertz CT molecular complexity index is 664. The van der Waals surface area contributed by atoms with Crippen LogP contribution in [-0.4, -0.2) is 53.2 Å². The van der Waals surface area contributed by atoms with E-state index in [0.29, 0.717) is 5.96 Å². The van der Waals surface area contributed by atoms with Crippen molar-refractivity contribution in [3.05, 3.63) is 48.3 Å². The Labute approximate surface area is 178 Å². The van der Waals surface area contributed by atoms with Crippen LogP contribution in [0, 0.1) is 6.92 Å². The van der Waals surface area contributed by atoms with E-state index in [4.69, 9.17) is 4.74 Å². The lowest BCUT2D eigenvalue weighted by molar-refractivity contribution is 0.114. The van der Waals surface area contributed by atoms with Gasteiger partial charge in [-0.15, -0.1) is 24.0 Å². The van der Waals surface area contributed by atoms with Gasteiger partial charge in [-0.3, -0.25) is 9.67 Å². The summed E-state index contributed by atoms with van der Waals surface area (Å²) in [6.07, 6.45) is 4.00. The quantitative estimate of drug-likeness (QED) is 0.207. The van der Waals surface area contributed by atoms with Crippen molar-refractivity contribution in [3.8, 4) is 5.75 Å². The molecule has 1 aromatic heterocycles. The van der Waals surface area contributed by atoms with Gasteiger partial charge in [0.15, 0.2) is 5.96 Å². The van der Waals surface area contributed by atoms with Crippen molar-refractivity contribution in [2.24, 2.45) is 4.99 Å². The molecule has 0 spiro atoms. The number of aliphatic imine (C=N–C) groups is 1. The van der Waals surface area contributed by atoms with Crippen molar-refractivity contribution in [1.29, 1.82) is 0 Å². The Kier molecular flexibility index (Phi) is 11.5. The van der Waals surface area contributed by atoms with Gasteiger partial charge in [-0.05, 0) is 44.0 Å². The van der Waals surface area contributed by atoms with Crippen molar-refractivity contribution >= 4 is 29.9 Å². The molecule has 0 saturated heterocycles. The molecule has 0 aliphatic carbocycles. The van der Waals surface area contributed by atoms with Gasteiger partial charge in [0.05, 0.1) is 6.54 Å². The molecule has 27 heavy (non-hydrogen) atoms. The predicted octanol–water partition coefficient (Wildman–Crippen LogP) is 2.19. The number of aryl methyl sites for hydroxylation is 2. The number of nitrogens with zero attached hydrogens (tertiary/aromatic N) is 3. The van der Waals surface area contributed by atoms with Crippen LogP contribution in [0.25, 0.3) is 0 Å². The lowest BCUT2D eigenvalue weighted by Crippen LogP contribution is -2.39. The van der Waals surface area contributed by atoms with E-state index in [0.717, 1.165) is 37.4 Å². The maximum absolute atomic E-state index is 10.1. The zero-order valence-electron chi connectivity index (χ0n) is 16.0. The van der Waals surface area contributed by atoms with E-state index in [-0.39, 0.29) is 37.1 Å². The molecule has 7 nitrogen and oxygen atoms in total. The van der Waals surface area contributed by atoms with E-state index in [1.807, 2.05) is 55.1 Å². The molecule has 0 saturated carbocycles. The third-order valence-electron chi connectivity index (χ3n) is 3.65. The number of ether oxygens (including phenoxy) is 1. The lowest BCUT2D eigenvalue weighted by atomic mass is 10.2. The largest absolute Gasteiger partial charge is 0.491 e. The minimum absolute atomic E-state index is 0. The highest BCUT2D eigenvalue weighted by atomic mass is 127. The maximum Gasteiger partial charge on any atom is 0.191 e. The van der Waals surface area contributed by atoms with Crippen molar-refractivity contribution in [3.63, 3.8) is 0 Å². The summed E-state index contributed by atoms with van der Waals surface area (Å²) >= 11 is 0. The van der Waals surface area contributed by atoms with E-state index >= 15 is 0 Å². The van der Waals surface area contributed by atoms with Gasteiger partial charge in [0.1, 0.15) is 18.5 Å². The Morgan fingerprint density at radius 3 is 2.89 bits per heavy atom. The number of rotatable bonds is 10. The van der Waals surface area contributed by atoms with Gasteiger partial charge in [-0.25, -0.2) is 0 Å². The molecule has 0 bridgehead atoms. The number of halogens is 1. The van der Waals surface area contributed by atoms with Gasteiger partial charge in [0, 0.05) is 32.0 Å². The van der Waals surface area contributed by atoms with E-state index in [9.17, 15) is 5.11 Å². The van der Waals surface area contributed by atoms with E-state index < -0.39 is 6.10 Å². The molecule has 3 N–H and O–H groups in total. The second-order valence-corrected chi connectivity index (χ2v) is 6.05. The zero-order valence-corrected chi connectivity index (χ0v) is 18.3. The van der Waals surface area contributed by atoms with Crippen LogP contribution in [0.1, 0.15) is 18.9 Å². The van der Waals surface area contributed by atoms with Crippen LogP contribution < -0.4 is 15.4 Å². The van der Waals surface area contributed by atoms with Crippen LogP contribution in [-0.2, 0) is 6.54 Å². The van der Waals surface area contributed by atoms with Crippen LogP contribution in [0.4, 0.5) is 0 Å². The van der Waals surface area contributed by atoms with Gasteiger partial charge in [0.25, 0.3) is 0 Å². The molecule has 150 valence electrons. The number of guanidine groups is 1. The molecule has 8 heteroatoms. The molecule has 0 fully saturated rings. The highest BCUT2D eigenvalue weighted by Crippen LogP contribution is 2.12. The summed E-state index contributed by atoms with van der Waals surface area (Å²) in [7, 11) is 0. The van der Waals surface area contributed by atoms with Crippen molar-refractivity contribution in [2.45, 2.75) is 32.9 Å². The SMILES string of the molecule is CCNC(=NCC(O)COc1cccc(C)c1)NCCCn1cccn1.I. The number of aromatic nitrogens is 2. The first-order chi connectivity index (χ1) is 12.7. The Hall–Kier alpha value is -1.81. The number of hydrogen-bond acceptors (Lipinski definition) is 4. The van der Waals surface area contributed by atoms with Crippen molar-refractivity contribution < 1.29 is 9.84 Å². The van der Waals surface area contributed by atoms with Crippen LogP contribution in [0.15, 0.2) is 47.7 Å². The second-order valence-electron chi connectivity index (χ2n) is 6.05. The molecule has 0 aliphatic rings. The Morgan fingerprint density at radius 1 is 1.33 bits per heavy atom. The Morgan fingerprint density at radius 2 is 2.19 bits per heavy atom. The fraction of sp³-hybridized carbons (Fsp3) is 0.474. The molecule has 2 aromatic rings. The molecule has 1 atom stereocenters. The first-order valence-corrected chi connectivity index (χ1v) is 9.04. The summed E-state index contributed by atoms with van der Waals surface area (Å²) in [5.74, 6) is 1.46. The van der Waals surface area contributed by atoms with Gasteiger partial charge < -0.3 is 20.5 Å². The first kappa shape index (κ1) is 23.2. The summed E-state index contributed by atoms with van der Waals surface area (Å²) in [4.78, 5) is 4.42. The highest BCUT2D eigenvalue weighted by Gasteiger charge is 2.06. The normalized spacial score (nSPS) is 12.2. The molecule has 0 amide bonds. The molecule has 2 rings (SSSR count). The average Bonchev–Trinajstić information content (AvgIpc) is 3.15. The van der Waals surface area contributed by atoms with E-state index in [2.05, 4.69) is 20.7 Å². The van der Waals surface area contributed by atoms with Crippen LogP contribution >= 0.6 is 24.0 Å². The second kappa shape index (κ2) is 13.4. The van der Waals surface area contributed by atoms with E-state index in [1.54, 1.807) is 6.20 Å². The molecule has 0 aliphatic heterocycles. The number of benzene rings is 1. The van der Waals surface area contributed by atoms with Crippen LogP contribution in [0.2, 0.25) is 0 Å². The van der Waals surface area contributed by atoms with Gasteiger partial charge in [-0.1, -0.05) is 12.1 Å². The highest BCUT2D eigenvalue weighted by molar-refractivity contribution is 14.0. The number of nitrogens with one attached hydrogen (secondary N) is 2. The van der Waals surface area contributed by atoms with Crippen LogP contribution in [0.3, 0.4) is 0 Å². The summed E-state index contributed by atoms with van der Waals surface area (Å²) in [5.41, 5.74) is 1.13. The lowest BCUT2D eigenvalue weighted by Gasteiger charge is -2.14. The predicted molar refractivity (Wildman–Crippen MR) is 119 cm³/mol. The monoisotopic (exact) mass is 487 g/mol. The summed E-state index contributed by atoms with van der Waals surface area (Å²) in [6.45, 7) is 6.91. The summed E-state index contributed by atoms with van der Waals surface area (Å²) in [5, 5.41) is 20.7. The average molecular weight is 487 g/mol. The molecule has 0 radical (unpaired) electrons. The molecular weight excluding hydrogens is 457 g/mol. The van der Waals surface area contributed by atoms with Gasteiger partial charge in [-0.2, -0.15) is 5.10 Å². The third kappa shape index (κ3) is 9.62. The molecule has 1 unspecified atom stereocenters. The fourth-order valence-corrected chi connectivity index (χ4v) is 2.37. The van der Waals surface area contributed by atoms with Crippen LogP contribution in [0.5, 0.6) is 5.75 Å². The van der Waals surface area contributed by atoms with Crippen molar-refractivity contribution in [1.82, 2.24) is 20.4 Å². The first-order valence-electron chi connectivity index (χ1n) is 9.04. The van der Waals surface area contributed by atoms with Crippen molar-refractivity contribution in [2.75, 3.05) is 26.2 Å². The number of hydrogen-bond donors (Lipinski definition) is 3. The smallest absolute Gasteiger partial charge is 0.191 e. The third-order valence-corrected chi connectivity index (χ3v) is 3.65. The molecule has 1 heterocycles. The standard InChI is InChI=1S/C19H29N5O2.HI/c1-3-20-19(21-9-5-11-24-12-6-10-23-24)22-14-17(25)15-26-18-8-4-7-16(2)13-18;/h4,6-8,10,12-13,17,25H,3,5,9,11,14-15H2,1-2H3,(H2,20,21,22);1H. The van der Waals surface area contributed by atoms with Gasteiger partial charge in [0.2, 0.25) is 0 Å². The Balaban J connectivity index is 0.00000364. The zero-order chi connectivity index (χ0) is 18.6. The summed E-state index contributed by atoms with van der Waals surface area (Å²) in [6, 6.07) is 9.69. The minimum Gasteiger partial charge on any atom is -0.491 e. The topological polar surface area (TPSA) is 83.7 Å².